The van der Waals surface area contributed by atoms with Crippen LogP contribution in [0.3, 0.4) is 0 Å². The largest absolute Gasteiger partial charge is 0.493 e. The smallest absolute Gasteiger partial charge is 0.191 e. The Balaban J connectivity index is 0.00000288. The van der Waals surface area contributed by atoms with Gasteiger partial charge in [-0.05, 0) is 31.6 Å². The summed E-state index contributed by atoms with van der Waals surface area (Å²) in [5, 5.41) is 7.44. The molecule has 1 aliphatic rings. The first-order valence-electron chi connectivity index (χ1n) is 8.12. The highest BCUT2D eigenvalue weighted by Crippen LogP contribution is 2.31. The summed E-state index contributed by atoms with van der Waals surface area (Å²) in [6, 6.07) is 5.87. The Bertz CT molecular complexity index is 523. The van der Waals surface area contributed by atoms with E-state index < -0.39 is 0 Å². The topological polar surface area (TPSA) is 54.9 Å². The van der Waals surface area contributed by atoms with Gasteiger partial charge in [-0.15, -0.1) is 24.0 Å². The SMILES string of the molecule is CCNC(=NCc1cccc(OC)c1OC)NCC1CCCS1.I. The lowest BCUT2D eigenvalue weighted by Gasteiger charge is -2.15. The van der Waals surface area contributed by atoms with Crippen LogP contribution in [0.2, 0.25) is 0 Å². The van der Waals surface area contributed by atoms with Crippen LogP contribution in [0.25, 0.3) is 0 Å². The van der Waals surface area contributed by atoms with Crippen molar-refractivity contribution < 1.29 is 9.47 Å². The predicted octanol–water partition coefficient (Wildman–Crippen LogP) is 3.27. The molecule has 0 bridgehead atoms. The van der Waals surface area contributed by atoms with Crippen LogP contribution < -0.4 is 20.1 Å². The van der Waals surface area contributed by atoms with Gasteiger partial charge in [-0.3, -0.25) is 0 Å². The molecule has 0 amide bonds. The minimum absolute atomic E-state index is 0. The molecule has 1 atom stereocenters. The van der Waals surface area contributed by atoms with Gasteiger partial charge in [0.25, 0.3) is 0 Å². The van der Waals surface area contributed by atoms with E-state index >= 15 is 0 Å². The first-order valence-corrected chi connectivity index (χ1v) is 9.17. The van der Waals surface area contributed by atoms with Crippen molar-refractivity contribution in [2.75, 3.05) is 33.1 Å². The average molecular weight is 465 g/mol. The number of hydrogen-bond acceptors (Lipinski definition) is 4. The van der Waals surface area contributed by atoms with Crippen molar-refractivity contribution in [1.82, 2.24) is 10.6 Å². The lowest BCUT2D eigenvalue weighted by Crippen LogP contribution is -2.40. The van der Waals surface area contributed by atoms with E-state index in [2.05, 4.69) is 22.5 Å². The molecule has 24 heavy (non-hydrogen) atoms. The number of thioether (sulfide) groups is 1. The third kappa shape index (κ3) is 6.23. The number of nitrogens with zero attached hydrogens (tertiary/aromatic N) is 1. The zero-order valence-corrected chi connectivity index (χ0v) is 17.8. The maximum absolute atomic E-state index is 5.46. The monoisotopic (exact) mass is 465 g/mol. The third-order valence-corrected chi connectivity index (χ3v) is 5.16. The lowest BCUT2D eigenvalue weighted by molar-refractivity contribution is 0.352. The molecule has 1 aliphatic heterocycles. The summed E-state index contributed by atoms with van der Waals surface area (Å²) in [7, 11) is 3.31. The van der Waals surface area contributed by atoms with Crippen molar-refractivity contribution in [3.05, 3.63) is 23.8 Å². The highest BCUT2D eigenvalue weighted by Gasteiger charge is 2.15. The number of para-hydroxylation sites is 1. The van der Waals surface area contributed by atoms with Crippen LogP contribution in [0, 0.1) is 0 Å². The van der Waals surface area contributed by atoms with Crippen LogP contribution in [0.4, 0.5) is 0 Å². The average Bonchev–Trinajstić information content (AvgIpc) is 3.10. The van der Waals surface area contributed by atoms with Crippen LogP contribution in [-0.4, -0.2) is 44.3 Å². The van der Waals surface area contributed by atoms with E-state index in [0.717, 1.165) is 36.1 Å². The van der Waals surface area contributed by atoms with Crippen LogP contribution in [-0.2, 0) is 6.54 Å². The molecule has 5 nitrogen and oxygen atoms in total. The first-order chi connectivity index (χ1) is 11.3. The van der Waals surface area contributed by atoms with Gasteiger partial charge in [0.15, 0.2) is 17.5 Å². The van der Waals surface area contributed by atoms with E-state index in [1.165, 1.54) is 18.6 Å². The highest BCUT2D eigenvalue weighted by atomic mass is 127. The standard InChI is InChI=1S/C17H27N3O2S.HI/c1-4-18-17(20-12-14-8-6-10-23-14)19-11-13-7-5-9-15(21-2)16(13)22-3;/h5,7,9,14H,4,6,8,10-12H2,1-3H3,(H2,18,19,20);1H. The van der Waals surface area contributed by atoms with Gasteiger partial charge in [0, 0.05) is 23.9 Å². The molecule has 1 aromatic carbocycles. The second-order valence-electron chi connectivity index (χ2n) is 5.36. The molecule has 1 heterocycles. The Morgan fingerprint density at radius 3 is 2.75 bits per heavy atom. The van der Waals surface area contributed by atoms with E-state index in [9.17, 15) is 0 Å². The minimum atomic E-state index is 0. The first kappa shape index (κ1) is 21.2. The molecular weight excluding hydrogens is 437 g/mol. The van der Waals surface area contributed by atoms with Crippen molar-refractivity contribution >= 4 is 41.7 Å². The fraction of sp³-hybridized carbons (Fsp3) is 0.588. The van der Waals surface area contributed by atoms with Crippen molar-refractivity contribution in [2.24, 2.45) is 4.99 Å². The van der Waals surface area contributed by atoms with Gasteiger partial charge in [0.2, 0.25) is 0 Å². The quantitative estimate of drug-likeness (QED) is 0.368. The number of guanidine groups is 1. The summed E-state index contributed by atoms with van der Waals surface area (Å²) in [4.78, 5) is 4.68. The van der Waals surface area contributed by atoms with Crippen LogP contribution in [0.15, 0.2) is 23.2 Å². The van der Waals surface area contributed by atoms with E-state index in [4.69, 9.17) is 9.47 Å². The molecule has 1 fully saturated rings. The highest BCUT2D eigenvalue weighted by molar-refractivity contribution is 14.0. The zero-order chi connectivity index (χ0) is 16.5. The van der Waals surface area contributed by atoms with Gasteiger partial charge in [0.1, 0.15) is 0 Å². The summed E-state index contributed by atoms with van der Waals surface area (Å²) in [5.41, 5.74) is 1.01. The number of benzene rings is 1. The van der Waals surface area contributed by atoms with E-state index in [1.807, 2.05) is 30.0 Å². The maximum Gasteiger partial charge on any atom is 0.191 e. The molecule has 0 saturated carbocycles. The minimum Gasteiger partial charge on any atom is -0.493 e. The third-order valence-electron chi connectivity index (χ3n) is 3.76. The lowest BCUT2D eigenvalue weighted by atomic mass is 10.2. The second-order valence-corrected chi connectivity index (χ2v) is 6.77. The molecule has 0 aromatic heterocycles. The Kier molecular flexibility index (Phi) is 10.3. The fourth-order valence-corrected chi connectivity index (χ4v) is 3.80. The Labute approximate surface area is 166 Å². The van der Waals surface area contributed by atoms with Crippen molar-refractivity contribution in [3.63, 3.8) is 0 Å². The number of nitrogens with one attached hydrogen (secondary N) is 2. The molecule has 0 spiro atoms. The number of methoxy groups -OCH3 is 2. The van der Waals surface area contributed by atoms with Gasteiger partial charge in [-0.25, -0.2) is 4.99 Å². The number of aliphatic imine (C=N–C) groups is 1. The van der Waals surface area contributed by atoms with Gasteiger partial charge < -0.3 is 20.1 Å². The molecule has 0 aliphatic carbocycles. The Morgan fingerprint density at radius 2 is 2.12 bits per heavy atom. The second kappa shape index (κ2) is 11.7. The number of hydrogen-bond donors (Lipinski definition) is 2. The van der Waals surface area contributed by atoms with E-state index in [0.29, 0.717) is 11.8 Å². The molecular formula is C17H28IN3O2S. The number of rotatable bonds is 7. The number of ether oxygens (including phenoxy) is 2. The van der Waals surface area contributed by atoms with Crippen LogP contribution in [0.5, 0.6) is 11.5 Å². The molecule has 1 unspecified atom stereocenters. The number of halogens is 1. The van der Waals surface area contributed by atoms with E-state index in [1.54, 1.807) is 14.2 Å². The van der Waals surface area contributed by atoms with Gasteiger partial charge >= 0.3 is 0 Å². The normalized spacial score (nSPS) is 17.1. The molecule has 2 rings (SSSR count). The van der Waals surface area contributed by atoms with Gasteiger partial charge in [0.05, 0.1) is 20.8 Å². The molecule has 1 aromatic rings. The molecule has 136 valence electrons. The van der Waals surface area contributed by atoms with Crippen molar-refractivity contribution in [1.29, 1.82) is 0 Å². The van der Waals surface area contributed by atoms with Crippen LogP contribution >= 0.6 is 35.7 Å². The predicted molar refractivity (Wildman–Crippen MR) is 113 cm³/mol. The van der Waals surface area contributed by atoms with Gasteiger partial charge in [-0.1, -0.05) is 12.1 Å². The zero-order valence-electron chi connectivity index (χ0n) is 14.6. The Morgan fingerprint density at radius 1 is 1.29 bits per heavy atom. The molecule has 0 radical (unpaired) electrons. The fourth-order valence-electron chi connectivity index (χ4n) is 2.60. The summed E-state index contributed by atoms with van der Waals surface area (Å²) < 4.78 is 10.8. The Hall–Kier alpha value is -0.830. The maximum atomic E-state index is 5.46. The molecule has 2 N–H and O–H groups in total. The van der Waals surface area contributed by atoms with Crippen LogP contribution in [0.1, 0.15) is 25.3 Å². The summed E-state index contributed by atoms with van der Waals surface area (Å²) in [6.45, 7) is 4.44. The van der Waals surface area contributed by atoms with E-state index in [-0.39, 0.29) is 24.0 Å². The van der Waals surface area contributed by atoms with Crippen molar-refractivity contribution in [2.45, 2.75) is 31.6 Å². The molecule has 7 heteroatoms. The summed E-state index contributed by atoms with van der Waals surface area (Å²) in [6.07, 6.45) is 2.62. The summed E-state index contributed by atoms with van der Waals surface area (Å²) in [5.74, 6) is 3.62. The summed E-state index contributed by atoms with van der Waals surface area (Å²) >= 11 is 2.05. The van der Waals surface area contributed by atoms with Crippen molar-refractivity contribution in [3.8, 4) is 11.5 Å². The van der Waals surface area contributed by atoms with Gasteiger partial charge in [-0.2, -0.15) is 11.8 Å². The molecule has 1 saturated heterocycles.